The first-order chi connectivity index (χ1) is 7.67. The summed E-state index contributed by atoms with van der Waals surface area (Å²) in [6, 6.07) is 6.41. The van der Waals surface area contributed by atoms with Crippen LogP contribution >= 0.6 is 0 Å². The zero-order valence-corrected chi connectivity index (χ0v) is 9.02. The van der Waals surface area contributed by atoms with Gasteiger partial charge in [0.15, 0.2) is 11.5 Å². The van der Waals surface area contributed by atoms with Crippen LogP contribution in [0.4, 0.5) is 0 Å². The van der Waals surface area contributed by atoms with Crippen LogP contribution in [0.3, 0.4) is 0 Å². The minimum atomic E-state index is 0.0120. The molecule has 0 fully saturated rings. The Hall–Kier alpha value is -2.10. The Labute approximate surface area is 92.7 Å². The molecule has 4 nitrogen and oxygen atoms in total. The SMILES string of the molecule is COc1ccc2c(O)c(OC)cc(O)c2c1. The second kappa shape index (κ2) is 3.81. The van der Waals surface area contributed by atoms with Crippen molar-refractivity contribution in [3.8, 4) is 23.0 Å². The second-order valence-corrected chi connectivity index (χ2v) is 3.36. The molecule has 0 aliphatic heterocycles. The first-order valence-electron chi connectivity index (χ1n) is 4.74. The second-order valence-electron chi connectivity index (χ2n) is 3.36. The molecule has 4 heteroatoms. The fourth-order valence-electron chi connectivity index (χ4n) is 1.63. The number of hydrogen-bond acceptors (Lipinski definition) is 4. The zero-order chi connectivity index (χ0) is 11.7. The van der Waals surface area contributed by atoms with Gasteiger partial charge in [-0.25, -0.2) is 0 Å². The van der Waals surface area contributed by atoms with Crippen molar-refractivity contribution < 1.29 is 19.7 Å². The predicted molar refractivity (Wildman–Crippen MR) is 60.4 cm³/mol. The third kappa shape index (κ3) is 1.48. The van der Waals surface area contributed by atoms with E-state index in [0.29, 0.717) is 16.5 Å². The molecule has 0 aliphatic rings. The van der Waals surface area contributed by atoms with E-state index in [1.54, 1.807) is 25.3 Å². The zero-order valence-electron chi connectivity index (χ0n) is 9.02. The van der Waals surface area contributed by atoms with Gasteiger partial charge in [-0.2, -0.15) is 0 Å². The summed E-state index contributed by atoms with van der Waals surface area (Å²) < 4.78 is 10.00. The Morgan fingerprint density at radius 3 is 2.31 bits per heavy atom. The van der Waals surface area contributed by atoms with Gasteiger partial charge in [0, 0.05) is 16.8 Å². The van der Waals surface area contributed by atoms with Crippen molar-refractivity contribution in [3.05, 3.63) is 24.3 Å². The van der Waals surface area contributed by atoms with Crippen LogP contribution in [0.5, 0.6) is 23.0 Å². The van der Waals surface area contributed by atoms with E-state index in [0.717, 1.165) is 0 Å². The Kier molecular flexibility index (Phi) is 2.48. The van der Waals surface area contributed by atoms with Crippen LogP contribution in [0.2, 0.25) is 0 Å². The maximum absolute atomic E-state index is 9.86. The standard InChI is InChI=1S/C12H12O4/c1-15-7-3-4-8-9(5-7)10(13)6-11(16-2)12(8)14/h3-6,13-14H,1-2H3. The Balaban J connectivity index is 2.79. The number of fused-ring (bicyclic) bond motifs is 1. The van der Waals surface area contributed by atoms with E-state index in [4.69, 9.17) is 9.47 Å². The van der Waals surface area contributed by atoms with Gasteiger partial charge in [-0.15, -0.1) is 0 Å². The van der Waals surface area contributed by atoms with Crippen molar-refractivity contribution >= 4 is 10.8 Å². The Bertz CT molecular complexity index is 534. The van der Waals surface area contributed by atoms with Crippen LogP contribution in [0.15, 0.2) is 24.3 Å². The highest BCUT2D eigenvalue weighted by Crippen LogP contribution is 2.41. The van der Waals surface area contributed by atoms with E-state index < -0.39 is 0 Å². The molecule has 2 aromatic carbocycles. The fourth-order valence-corrected chi connectivity index (χ4v) is 1.63. The lowest BCUT2D eigenvalue weighted by Gasteiger charge is -2.09. The molecule has 84 valence electrons. The van der Waals surface area contributed by atoms with Crippen molar-refractivity contribution in [2.24, 2.45) is 0 Å². The van der Waals surface area contributed by atoms with Crippen LogP contribution in [0.1, 0.15) is 0 Å². The van der Waals surface area contributed by atoms with Gasteiger partial charge in [0.1, 0.15) is 11.5 Å². The summed E-state index contributed by atoms with van der Waals surface area (Å²) in [6.45, 7) is 0. The van der Waals surface area contributed by atoms with Gasteiger partial charge in [0.05, 0.1) is 14.2 Å². The van der Waals surface area contributed by atoms with Gasteiger partial charge < -0.3 is 19.7 Å². The molecule has 0 heterocycles. The monoisotopic (exact) mass is 220 g/mol. The van der Waals surface area contributed by atoms with E-state index in [1.807, 2.05) is 0 Å². The fraction of sp³-hybridized carbons (Fsp3) is 0.167. The molecule has 16 heavy (non-hydrogen) atoms. The summed E-state index contributed by atoms with van der Waals surface area (Å²) in [4.78, 5) is 0. The lowest BCUT2D eigenvalue weighted by molar-refractivity contribution is 0.372. The lowest BCUT2D eigenvalue weighted by Crippen LogP contribution is -1.87. The van der Waals surface area contributed by atoms with E-state index in [9.17, 15) is 10.2 Å². The van der Waals surface area contributed by atoms with Gasteiger partial charge in [-0.05, 0) is 18.2 Å². The molecule has 0 unspecified atom stereocenters. The molecule has 2 aromatic rings. The minimum Gasteiger partial charge on any atom is -0.507 e. The quantitative estimate of drug-likeness (QED) is 0.762. The van der Waals surface area contributed by atoms with Crippen LogP contribution in [-0.2, 0) is 0 Å². The molecule has 0 spiro atoms. The Morgan fingerprint density at radius 2 is 1.69 bits per heavy atom. The maximum Gasteiger partial charge on any atom is 0.165 e. The highest BCUT2D eigenvalue weighted by atomic mass is 16.5. The lowest BCUT2D eigenvalue weighted by atomic mass is 10.1. The number of aromatic hydroxyl groups is 2. The van der Waals surface area contributed by atoms with Crippen molar-refractivity contribution in [1.82, 2.24) is 0 Å². The molecule has 0 radical (unpaired) electrons. The molecule has 0 amide bonds. The predicted octanol–water partition coefficient (Wildman–Crippen LogP) is 2.27. The number of hydrogen-bond donors (Lipinski definition) is 2. The summed E-state index contributed by atoms with van der Waals surface area (Å²) in [5.41, 5.74) is 0. The van der Waals surface area contributed by atoms with E-state index in [-0.39, 0.29) is 17.2 Å². The molecular formula is C12H12O4. The molecule has 2 rings (SSSR count). The van der Waals surface area contributed by atoms with Crippen LogP contribution in [0.25, 0.3) is 10.8 Å². The Morgan fingerprint density at radius 1 is 0.938 bits per heavy atom. The highest BCUT2D eigenvalue weighted by molar-refractivity contribution is 5.96. The van der Waals surface area contributed by atoms with Gasteiger partial charge in [0.2, 0.25) is 0 Å². The molecule has 0 aromatic heterocycles. The summed E-state index contributed by atoms with van der Waals surface area (Å²) in [5, 5.41) is 20.7. The summed E-state index contributed by atoms with van der Waals surface area (Å²) in [7, 11) is 2.98. The average molecular weight is 220 g/mol. The number of benzene rings is 2. The summed E-state index contributed by atoms with van der Waals surface area (Å²) in [5.74, 6) is 0.920. The first kappa shape index (κ1) is 10.4. The molecule has 0 bridgehead atoms. The number of phenols is 2. The molecular weight excluding hydrogens is 208 g/mol. The van der Waals surface area contributed by atoms with Crippen LogP contribution in [0, 0.1) is 0 Å². The topological polar surface area (TPSA) is 58.9 Å². The van der Waals surface area contributed by atoms with E-state index in [2.05, 4.69) is 0 Å². The van der Waals surface area contributed by atoms with Gasteiger partial charge >= 0.3 is 0 Å². The van der Waals surface area contributed by atoms with E-state index in [1.165, 1.54) is 13.2 Å². The van der Waals surface area contributed by atoms with Crippen molar-refractivity contribution in [2.75, 3.05) is 14.2 Å². The number of phenolic OH excluding ortho intramolecular Hbond substituents is 2. The van der Waals surface area contributed by atoms with Crippen LogP contribution in [-0.4, -0.2) is 24.4 Å². The maximum atomic E-state index is 9.86. The van der Waals surface area contributed by atoms with Crippen molar-refractivity contribution in [3.63, 3.8) is 0 Å². The molecule has 0 saturated heterocycles. The largest absolute Gasteiger partial charge is 0.507 e. The average Bonchev–Trinajstić information content (AvgIpc) is 2.33. The number of methoxy groups -OCH3 is 2. The minimum absolute atomic E-state index is 0.0120. The third-order valence-electron chi connectivity index (χ3n) is 2.48. The van der Waals surface area contributed by atoms with Crippen molar-refractivity contribution in [2.45, 2.75) is 0 Å². The van der Waals surface area contributed by atoms with Gasteiger partial charge in [0.25, 0.3) is 0 Å². The smallest absolute Gasteiger partial charge is 0.165 e. The molecule has 2 N–H and O–H groups in total. The van der Waals surface area contributed by atoms with Crippen molar-refractivity contribution in [1.29, 1.82) is 0 Å². The number of ether oxygens (including phenoxy) is 2. The summed E-state index contributed by atoms with van der Waals surface area (Å²) in [6.07, 6.45) is 0. The molecule has 0 aliphatic carbocycles. The first-order valence-corrected chi connectivity index (χ1v) is 4.74. The van der Waals surface area contributed by atoms with Crippen LogP contribution < -0.4 is 9.47 Å². The molecule has 0 atom stereocenters. The third-order valence-corrected chi connectivity index (χ3v) is 2.48. The van der Waals surface area contributed by atoms with Gasteiger partial charge in [-0.3, -0.25) is 0 Å². The van der Waals surface area contributed by atoms with E-state index >= 15 is 0 Å². The summed E-state index contributed by atoms with van der Waals surface area (Å²) >= 11 is 0. The number of rotatable bonds is 2. The van der Waals surface area contributed by atoms with Gasteiger partial charge in [-0.1, -0.05) is 0 Å². The molecule has 0 saturated carbocycles. The highest BCUT2D eigenvalue weighted by Gasteiger charge is 2.11. The normalized spacial score (nSPS) is 10.4.